The molecule has 0 bridgehead atoms. The normalized spacial score (nSPS) is 11.1. The summed E-state index contributed by atoms with van der Waals surface area (Å²) < 4.78 is 2.93. The Bertz CT molecular complexity index is 983. The molecule has 7 heteroatoms. The van der Waals surface area contributed by atoms with Crippen molar-refractivity contribution in [1.29, 1.82) is 0 Å². The maximum atomic E-state index is 12.7. The summed E-state index contributed by atoms with van der Waals surface area (Å²) in [5.74, 6) is 1.01. The molecule has 0 saturated carbocycles. The highest BCUT2D eigenvalue weighted by Gasteiger charge is 2.13. The summed E-state index contributed by atoms with van der Waals surface area (Å²) in [4.78, 5) is 23.0. The number of nitrogens with zero attached hydrogens (tertiary/aromatic N) is 4. The average molecular weight is 352 g/mol. The van der Waals surface area contributed by atoms with Gasteiger partial charge in [0.1, 0.15) is 5.82 Å². The van der Waals surface area contributed by atoms with Crippen molar-refractivity contribution in [3.05, 3.63) is 86.1 Å². The minimum absolute atomic E-state index is 0.0213. The Kier molecular flexibility index (Phi) is 4.71. The number of hydrogen-bond donors (Lipinski definition) is 0. The molecular formula is C19H20N4O3. The zero-order valence-electron chi connectivity index (χ0n) is 14.9. The van der Waals surface area contributed by atoms with Gasteiger partial charge in [0, 0.05) is 12.1 Å². The molecule has 0 N–H and O–H groups in total. The second kappa shape index (κ2) is 6.95. The van der Waals surface area contributed by atoms with E-state index in [2.05, 4.69) is 18.9 Å². The zero-order chi connectivity index (χ0) is 18.8. The molecule has 0 spiro atoms. The maximum absolute atomic E-state index is 12.7. The smallest absolute Gasteiger partial charge is 0.258 e. The number of non-ortho nitro benzene ring substituents is 1. The van der Waals surface area contributed by atoms with Crippen molar-refractivity contribution in [3.8, 4) is 5.69 Å². The highest BCUT2D eigenvalue weighted by atomic mass is 16.6. The topological polar surface area (TPSA) is 83.0 Å². The molecule has 0 saturated heterocycles. The van der Waals surface area contributed by atoms with Crippen molar-refractivity contribution in [3.63, 3.8) is 0 Å². The second-order valence-electron chi connectivity index (χ2n) is 6.49. The van der Waals surface area contributed by atoms with Crippen molar-refractivity contribution in [1.82, 2.24) is 14.3 Å². The Labute approximate surface area is 150 Å². The first-order valence-electron chi connectivity index (χ1n) is 8.37. The van der Waals surface area contributed by atoms with Crippen molar-refractivity contribution >= 4 is 5.69 Å². The van der Waals surface area contributed by atoms with Gasteiger partial charge >= 0.3 is 5.69 Å². The van der Waals surface area contributed by atoms with E-state index in [4.69, 9.17) is 0 Å². The summed E-state index contributed by atoms with van der Waals surface area (Å²) in [6.07, 6.45) is 0. The number of aryl methyl sites for hydroxylation is 1. The second-order valence-corrected chi connectivity index (χ2v) is 6.49. The SMILES string of the molecule is Cc1nn(Cc2ccc([N+](=O)[O-])cc2)c(=O)n1-c1ccc(C(C)C)cc1. The highest BCUT2D eigenvalue weighted by molar-refractivity contribution is 5.36. The van der Waals surface area contributed by atoms with Crippen molar-refractivity contribution in [2.75, 3.05) is 0 Å². The van der Waals surface area contributed by atoms with Gasteiger partial charge in [-0.2, -0.15) is 5.10 Å². The summed E-state index contributed by atoms with van der Waals surface area (Å²) in [5.41, 5.74) is 2.54. The Hall–Kier alpha value is -3.22. The Balaban J connectivity index is 1.90. The van der Waals surface area contributed by atoms with E-state index in [0.29, 0.717) is 11.7 Å². The Morgan fingerprint density at radius 2 is 1.69 bits per heavy atom. The predicted molar refractivity (Wildman–Crippen MR) is 98.8 cm³/mol. The van der Waals surface area contributed by atoms with Gasteiger partial charge in [-0.1, -0.05) is 38.1 Å². The third-order valence-electron chi connectivity index (χ3n) is 4.30. The largest absolute Gasteiger partial charge is 0.350 e. The van der Waals surface area contributed by atoms with E-state index >= 15 is 0 Å². The van der Waals surface area contributed by atoms with E-state index in [0.717, 1.165) is 11.3 Å². The average Bonchev–Trinajstić information content (AvgIpc) is 2.89. The molecule has 0 aliphatic heterocycles. The number of hydrogen-bond acceptors (Lipinski definition) is 4. The fourth-order valence-corrected chi connectivity index (χ4v) is 2.82. The first-order chi connectivity index (χ1) is 12.4. The van der Waals surface area contributed by atoms with Crippen LogP contribution in [0.2, 0.25) is 0 Å². The molecule has 0 radical (unpaired) electrons. The third kappa shape index (κ3) is 3.42. The Morgan fingerprint density at radius 3 is 2.23 bits per heavy atom. The van der Waals surface area contributed by atoms with Crippen LogP contribution >= 0.6 is 0 Å². The lowest BCUT2D eigenvalue weighted by Gasteiger charge is -2.07. The molecule has 0 amide bonds. The highest BCUT2D eigenvalue weighted by Crippen LogP contribution is 2.17. The minimum atomic E-state index is -0.449. The minimum Gasteiger partial charge on any atom is -0.258 e. The van der Waals surface area contributed by atoms with Crippen LogP contribution in [-0.2, 0) is 6.54 Å². The zero-order valence-corrected chi connectivity index (χ0v) is 14.9. The van der Waals surface area contributed by atoms with Crippen molar-refractivity contribution in [2.45, 2.75) is 33.2 Å². The van der Waals surface area contributed by atoms with E-state index in [9.17, 15) is 14.9 Å². The summed E-state index contributed by atoms with van der Waals surface area (Å²) in [7, 11) is 0. The molecule has 26 heavy (non-hydrogen) atoms. The van der Waals surface area contributed by atoms with Crippen LogP contribution in [-0.4, -0.2) is 19.3 Å². The van der Waals surface area contributed by atoms with Crippen LogP contribution in [0, 0.1) is 17.0 Å². The van der Waals surface area contributed by atoms with Crippen molar-refractivity contribution in [2.24, 2.45) is 0 Å². The van der Waals surface area contributed by atoms with Gasteiger partial charge in [-0.3, -0.25) is 10.1 Å². The maximum Gasteiger partial charge on any atom is 0.350 e. The number of benzene rings is 2. The molecule has 0 atom stereocenters. The van der Waals surface area contributed by atoms with Crippen LogP contribution < -0.4 is 5.69 Å². The molecule has 0 aliphatic rings. The first-order valence-corrected chi connectivity index (χ1v) is 8.37. The Morgan fingerprint density at radius 1 is 1.08 bits per heavy atom. The van der Waals surface area contributed by atoms with Gasteiger partial charge in [0.05, 0.1) is 17.2 Å². The van der Waals surface area contributed by atoms with E-state index in [1.165, 1.54) is 22.4 Å². The molecule has 3 rings (SSSR count). The van der Waals surface area contributed by atoms with Gasteiger partial charge in [-0.05, 0) is 36.1 Å². The van der Waals surface area contributed by atoms with Crippen LogP contribution in [0.25, 0.3) is 5.69 Å². The molecule has 1 aromatic heterocycles. The predicted octanol–water partition coefficient (Wildman–Crippen LogP) is 3.42. The molecule has 0 fully saturated rings. The van der Waals surface area contributed by atoms with E-state index in [1.54, 1.807) is 23.6 Å². The molecule has 134 valence electrons. The molecule has 0 aliphatic carbocycles. The molecular weight excluding hydrogens is 332 g/mol. The van der Waals surface area contributed by atoms with Gasteiger partial charge in [0.25, 0.3) is 5.69 Å². The quantitative estimate of drug-likeness (QED) is 0.520. The van der Waals surface area contributed by atoms with Crippen LogP contribution in [0.4, 0.5) is 5.69 Å². The van der Waals surface area contributed by atoms with Crippen LogP contribution in [0.3, 0.4) is 0 Å². The van der Waals surface area contributed by atoms with Gasteiger partial charge in [0.15, 0.2) is 0 Å². The summed E-state index contributed by atoms with van der Waals surface area (Å²) >= 11 is 0. The molecule has 2 aromatic carbocycles. The van der Waals surface area contributed by atoms with E-state index in [-0.39, 0.29) is 17.9 Å². The van der Waals surface area contributed by atoms with Crippen LogP contribution in [0.15, 0.2) is 53.3 Å². The molecule has 1 heterocycles. The summed E-state index contributed by atoms with van der Waals surface area (Å²) in [6, 6.07) is 14.0. The van der Waals surface area contributed by atoms with E-state index < -0.39 is 4.92 Å². The fraction of sp³-hybridized carbons (Fsp3) is 0.263. The van der Waals surface area contributed by atoms with Crippen molar-refractivity contribution < 1.29 is 4.92 Å². The lowest BCUT2D eigenvalue weighted by Crippen LogP contribution is -2.24. The lowest BCUT2D eigenvalue weighted by atomic mass is 10.0. The molecule has 3 aromatic rings. The van der Waals surface area contributed by atoms with Gasteiger partial charge < -0.3 is 0 Å². The summed E-state index contributed by atoms with van der Waals surface area (Å²) in [5, 5.41) is 15.1. The third-order valence-corrected chi connectivity index (χ3v) is 4.30. The van der Waals surface area contributed by atoms with Gasteiger partial charge in [0.2, 0.25) is 0 Å². The van der Waals surface area contributed by atoms with E-state index in [1.807, 2.05) is 24.3 Å². The summed E-state index contributed by atoms with van der Waals surface area (Å²) in [6.45, 7) is 6.28. The standard InChI is InChI=1S/C19H20N4O3/c1-13(2)16-6-10-17(11-7-16)22-14(3)20-21(19(22)24)12-15-4-8-18(9-5-15)23(25)26/h4-11,13H,12H2,1-3H3. The van der Waals surface area contributed by atoms with Crippen LogP contribution in [0.1, 0.15) is 36.7 Å². The van der Waals surface area contributed by atoms with Crippen LogP contribution in [0.5, 0.6) is 0 Å². The monoisotopic (exact) mass is 352 g/mol. The number of nitro benzene ring substituents is 1. The van der Waals surface area contributed by atoms with Gasteiger partial charge in [-0.25, -0.2) is 14.0 Å². The molecule has 0 unspecified atom stereocenters. The molecule has 7 nitrogen and oxygen atoms in total. The number of nitro groups is 1. The van der Waals surface area contributed by atoms with Gasteiger partial charge in [-0.15, -0.1) is 0 Å². The first kappa shape index (κ1) is 17.6. The fourth-order valence-electron chi connectivity index (χ4n) is 2.82. The lowest BCUT2D eigenvalue weighted by molar-refractivity contribution is -0.384. The number of aromatic nitrogens is 3. The number of rotatable bonds is 5.